The molecule has 0 atom stereocenters. The third kappa shape index (κ3) is 3.17. The number of piperidine rings is 1. The summed E-state index contributed by atoms with van der Waals surface area (Å²) >= 11 is 0. The standard InChI is InChI=1S/C15H27N3O2S/c1-4-15(3)6-8-18(9-7-15)21(19,20)14-10-13(11-16)17(5-2)12-14/h10,12H,4-9,11,16H2,1-3H3. The molecule has 0 radical (unpaired) electrons. The van der Waals surface area contributed by atoms with Crippen LogP contribution in [-0.2, 0) is 23.1 Å². The molecule has 0 aliphatic carbocycles. The van der Waals surface area contributed by atoms with Crippen molar-refractivity contribution >= 4 is 10.0 Å². The second-order valence-electron chi connectivity index (χ2n) is 6.23. The first kappa shape index (κ1) is 16.5. The average Bonchev–Trinajstić information content (AvgIpc) is 2.91. The summed E-state index contributed by atoms with van der Waals surface area (Å²) in [5.41, 5.74) is 6.83. The molecule has 6 heteroatoms. The Kier molecular flexibility index (Phi) is 4.80. The number of nitrogens with zero attached hydrogens (tertiary/aromatic N) is 2. The fourth-order valence-electron chi connectivity index (χ4n) is 2.90. The van der Waals surface area contributed by atoms with E-state index >= 15 is 0 Å². The van der Waals surface area contributed by atoms with E-state index in [9.17, 15) is 8.42 Å². The van der Waals surface area contributed by atoms with Gasteiger partial charge in [0.25, 0.3) is 0 Å². The number of aryl methyl sites for hydroxylation is 1. The third-order valence-corrected chi connectivity index (χ3v) is 6.80. The van der Waals surface area contributed by atoms with Crippen LogP contribution in [0.15, 0.2) is 17.2 Å². The van der Waals surface area contributed by atoms with Crippen LogP contribution in [0.1, 0.15) is 45.7 Å². The van der Waals surface area contributed by atoms with E-state index in [-0.39, 0.29) is 5.41 Å². The first-order valence-electron chi connectivity index (χ1n) is 7.75. The molecule has 2 rings (SSSR count). The van der Waals surface area contributed by atoms with Crippen molar-refractivity contribution in [2.24, 2.45) is 11.1 Å². The fraction of sp³-hybridized carbons (Fsp3) is 0.733. The average molecular weight is 313 g/mol. The zero-order valence-electron chi connectivity index (χ0n) is 13.3. The van der Waals surface area contributed by atoms with Gasteiger partial charge in [0, 0.05) is 38.1 Å². The second-order valence-corrected chi connectivity index (χ2v) is 8.16. The molecule has 21 heavy (non-hydrogen) atoms. The molecule has 0 amide bonds. The lowest BCUT2D eigenvalue weighted by molar-refractivity contribution is 0.169. The molecule has 1 saturated heterocycles. The highest BCUT2D eigenvalue weighted by molar-refractivity contribution is 7.89. The highest BCUT2D eigenvalue weighted by Gasteiger charge is 2.34. The summed E-state index contributed by atoms with van der Waals surface area (Å²) in [6.07, 6.45) is 4.68. The van der Waals surface area contributed by atoms with Crippen molar-refractivity contribution < 1.29 is 8.42 Å². The van der Waals surface area contributed by atoms with E-state index in [2.05, 4.69) is 13.8 Å². The topological polar surface area (TPSA) is 68.3 Å². The van der Waals surface area contributed by atoms with Crippen LogP contribution in [0.2, 0.25) is 0 Å². The minimum absolute atomic E-state index is 0.282. The summed E-state index contributed by atoms with van der Waals surface area (Å²) in [6.45, 7) is 8.73. The van der Waals surface area contributed by atoms with Gasteiger partial charge in [-0.05, 0) is 31.2 Å². The van der Waals surface area contributed by atoms with Crippen molar-refractivity contribution in [3.63, 3.8) is 0 Å². The lowest BCUT2D eigenvalue weighted by atomic mass is 9.79. The second kappa shape index (κ2) is 6.10. The van der Waals surface area contributed by atoms with Crippen molar-refractivity contribution in [3.8, 4) is 0 Å². The Morgan fingerprint density at radius 2 is 1.90 bits per heavy atom. The predicted octanol–water partition coefficient (Wildman–Crippen LogP) is 2.17. The number of sulfonamides is 1. The van der Waals surface area contributed by atoms with Gasteiger partial charge in [-0.15, -0.1) is 0 Å². The van der Waals surface area contributed by atoms with E-state index in [1.54, 1.807) is 16.6 Å². The maximum Gasteiger partial charge on any atom is 0.244 e. The molecule has 0 unspecified atom stereocenters. The molecule has 120 valence electrons. The van der Waals surface area contributed by atoms with Gasteiger partial charge < -0.3 is 10.3 Å². The van der Waals surface area contributed by atoms with Gasteiger partial charge in [0.15, 0.2) is 0 Å². The van der Waals surface area contributed by atoms with Crippen LogP contribution in [0.4, 0.5) is 0 Å². The van der Waals surface area contributed by atoms with E-state index in [4.69, 9.17) is 5.73 Å². The van der Waals surface area contributed by atoms with Gasteiger partial charge in [-0.2, -0.15) is 4.31 Å². The Morgan fingerprint density at radius 3 is 2.33 bits per heavy atom. The molecule has 1 aliphatic heterocycles. The molecule has 1 fully saturated rings. The first-order chi connectivity index (χ1) is 9.86. The number of rotatable bonds is 5. The third-order valence-electron chi connectivity index (χ3n) is 4.93. The zero-order valence-corrected chi connectivity index (χ0v) is 14.1. The van der Waals surface area contributed by atoms with Crippen molar-refractivity contribution in [1.29, 1.82) is 0 Å². The number of aromatic nitrogens is 1. The van der Waals surface area contributed by atoms with Crippen molar-refractivity contribution in [2.45, 2.75) is 58.0 Å². The minimum Gasteiger partial charge on any atom is -0.349 e. The highest BCUT2D eigenvalue weighted by Crippen LogP contribution is 2.35. The van der Waals surface area contributed by atoms with Crippen LogP contribution in [0.3, 0.4) is 0 Å². The lowest BCUT2D eigenvalue weighted by Gasteiger charge is -2.38. The molecular weight excluding hydrogens is 286 g/mol. The van der Waals surface area contributed by atoms with Crippen LogP contribution in [0.5, 0.6) is 0 Å². The van der Waals surface area contributed by atoms with Crippen molar-refractivity contribution in [3.05, 3.63) is 18.0 Å². The summed E-state index contributed by atoms with van der Waals surface area (Å²) in [6, 6.07) is 1.71. The molecule has 5 nitrogen and oxygen atoms in total. The Bertz CT molecular complexity index is 563. The van der Waals surface area contributed by atoms with Crippen LogP contribution >= 0.6 is 0 Å². The molecule has 2 heterocycles. The quantitative estimate of drug-likeness (QED) is 0.906. The van der Waals surface area contributed by atoms with Gasteiger partial charge in [0.2, 0.25) is 10.0 Å². The Morgan fingerprint density at radius 1 is 1.29 bits per heavy atom. The number of hydrogen-bond donors (Lipinski definition) is 1. The molecule has 0 saturated carbocycles. The zero-order chi connectivity index (χ0) is 15.7. The summed E-state index contributed by atoms with van der Waals surface area (Å²) in [7, 11) is -3.39. The Hall–Kier alpha value is -0.850. The summed E-state index contributed by atoms with van der Waals surface area (Å²) in [5.74, 6) is 0. The maximum atomic E-state index is 12.8. The molecule has 0 spiro atoms. The van der Waals surface area contributed by atoms with Crippen LogP contribution in [-0.4, -0.2) is 30.4 Å². The molecule has 0 aromatic carbocycles. The van der Waals surface area contributed by atoms with Gasteiger partial charge in [0.1, 0.15) is 4.90 Å². The Labute approximate surface area is 128 Å². The smallest absolute Gasteiger partial charge is 0.244 e. The van der Waals surface area contributed by atoms with Crippen molar-refractivity contribution in [1.82, 2.24) is 8.87 Å². The number of hydrogen-bond acceptors (Lipinski definition) is 3. The maximum absolute atomic E-state index is 12.8. The molecule has 1 aromatic heterocycles. The molecule has 1 aromatic rings. The van der Waals surface area contributed by atoms with Crippen LogP contribution in [0, 0.1) is 5.41 Å². The van der Waals surface area contributed by atoms with E-state index < -0.39 is 10.0 Å². The van der Waals surface area contributed by atoms with Gasteiger partial charge in [-0.1, -0.05) is 20.3 Å². The van der Waals surface area contributed by atoms with Gasteiger partial charge >= 0.3 is 0 Å². The summed E-state index contributed by atoms with van der Waals surface area (Å²) in [4.78, 5) is 0.380. The SMILES string of the molecule is CCn1cc(S(=O)(=O)N2CCC(C)(CC)CC2)cc1CN. The number of nitrogens with two attached hydrogens (primary N) is 1. The highest BCUT2D eigenvalue weighted by atomic mass is 32.2. The lowest BCUT2D eigenvalue weighted by Crippen LogP contribution is -2.41. The van der Waals surface area contributed by atoms with Crippen LogP contribution in [0.25, 0.3) is 0 Å². The minimum atomic E-state index is -3.39. The van der Waals surface area contributed by atoms with E-state index in [0.29, 0.717) is 24.5 Å². The van der Waals surface area contributed by atoms with Gasteiger partial charge in [0.05, 0.1) is 0 Å². The van der Waals surface area contributed by atoms with Crippen LogP contribution < -0.4 is 5.73 Å². The largest absolute Gasteiger partial charge is 0.349 e. The van der Waals surface area contributed by atoms with Gasteiger partial charge in [-0.3, -0.25) is 0 Å². The monoisotopic (exact) mass is 313 g/mol. The molecule has 0 bridgehead atoms. The molecular formula is C15H27N3O2S. The van der Waals surface area contributed by atoms with Gasteiger partial charge in [-0.25, -0.2) is 8.42 Å². The fourth-order valence-corrected chi connectivity index (χ4v) is 4.41. The van der Waals surface area contributed by atoms with E-state index in [0.717, 1.165) is 31.5 Å². The van der Waals surface area contributed by atoms with Crippen molar-refractivity contribution in [2.75, 3.05) is 13.1 Å². The van der Waals surface area contributed by atoms with E-state index in [1.807, 2.05) is 11.5 Å². The molecule has 1 aliphatic rings. The summed E-state index contributed by atoms with van der Waals surface area (Å²) in [5, 5.41) is 0. The summed E-state index contributed by atoms with van der Waals surface area (Å²) < 4.78 is 29.0. The first-order valence-corrected chi connectivity index (χ1v) is 9.19. The van der Waals surface area contributed by atoms with E-state index in [1.165, 1.54) is 0 Å². The Balaban J connectivity index is 2.21. The normalized spacial score (nSPS) is 19.8. The predicted molar refractivity (Wildman–Crippen MR) is 84.4 cm³/mol. The molecule has 2 N–H and O–H groups in total.